The molecule has 1 heterocycles. The average Bonchev–Trinajstić information content (AvgIpc) is 3.29. The second-order valence-electron chi connectivity index (χ2n) is 9.25. The number of carbonyl (C=O) groups excluding carboxylic acids is 1. The number of benzene rings is 1. The lowest BCUT2D eigenvalue weighted by Crippen LogP contribution is -2.58. The third kappa shape index (κ3) is 3.88. The summed E-state index contributed by atoms with van der Waals surface area (Å²) in [6.45, 7) is 4.84. The summed E-state index contributed by atoms with van der Waals surface area (Å²) >= 11 is 12.3. The molecule has 154 valence electrons. The number of hydrogen-bond acceptors (Lipinski definition) is 3. The van der Waals surface area contributed by atoms with Gasteiger partial charge >= 0.3 is 0 Å². The lowest BCUT2D eigenvalue weighted by atomic mass is 9.71. The summed E-state index contributed by atoms with van der Waals surface area (Å²) < 4.78 is 5.42. The number of hydrogen-bond donors (Lipinski definition) is 1. The van der Waals surface area contributed by atoms with Crippen LogP contribution in [0.15, 0.2) is 24.3 Å². The van der Waals surface area contributed by atoms with E-state index in [2.05, 4.69) is 0 Å². The maximum Gasteiger partial charge on any atom is 0.266 e. The van der Waals surface area contributed by atoms with E-state index < -0.39 is 15.5 Å². The molecule has 1 aromatic rings. The molecule has 3 atom stereocenters. The number of ether oxygens (including phenoxy) is 1. The standard InChI is InChI=1S/C22H29Cl2NO3/c1-20(2,28-17-8-6-15(7-9-17)18-13-22(18,23)24)19(26)25-12-11-21(27)10-4-3-5-16(21)14-25/h6-9,16,18,27H,3-5,10-14H2,1-2H3/t16-,18-,21+/m0/s1. The van der Waals surface area contributed by atoms with Crippen LogP contribution in [0, 0.1) is 5.92 Å². The number of fused-ring (bicyclic) bond motifs is 1. The number of alkyl halides is 2. The van der Waals surface area contributed by atoms with Crippen molar-refractivity contribution in [3.63, 3.8) is 0 Å². The van der Waals surface area contributed by atoms with E-state index in [4.69, 9.17) is 27.9 Å². The number of nitrogens with zero attached hydrogens (tertiary/aromatic N) is 1. The molecule has 2 saturated carbocycles. The SMILES string of the molecule is CC(C)(Oc1ccc([C@@H]2CC2(Cl)Cl)cc1)C(=O)N1CC[C@]2(O)CCCC[C@H]2C1. The van der Waals surface area contributed by atoms with E-state index in [-0.39, 0.29) is 17.7 Å². The topological polar surface area (TPSA) is 49.8 Å². The van der Waals surface area contributed by atoms with E-state index in [9.17, 15) is 9.90 Å². The first-order valence-electron chi connectivity index (χ1n) is 10.3. The fourth-order valence-electron chi connectivity index (χ4n) is 4.82. The number of amides is 1. The zero-order valence-electron chi connectivity index (χ0n) is 16.6. The molecule has 28 heavy (non-hydrogen) atoms. The number of aliphatic hydroxyl groups is 1. The summed E-state index contributed by atoms with van der Waals surface area (Å²) in [5.41, 5.74) is -0.457. The van der Waals surface area contributed by atoms with Crippen LogP contribution >= 0.6 is 23.2 Å². The van der Waals surface area contributed by atoms with Crippen LogP contribution in [0.4, 0.5) is 0 Å². The van der Waals surface area contributed by atoms with Gasteiger partial charge in [-0.3, -0.25) is 4.79 Å². The van der Waals surface area contributed by atoms with Crippen LogP contribution in [-0.2, 0) is 4.79 Å². The van der Waals surface area contributed by atoms with Gasteiger partial charge in [-0.1, -0.05) is 25.0 Å². The summed E-state index contributed by atoms with van der Waals surface area (Å²) in [7, 11) is 0. The van der Waals surface area contributed by atoms with Crippen molar-refractivity contribution in [1.29, 1.82) is 0 Å². The molecular formula is C22H29Cl2NO3. The summed E-state index contributed by atoms with van der Waals surface area (Å²) in [6, 6.07) is 7.69. The smallest absolute Gasteiger partial charge is 0.266 e. The highest BCUT2D eigenvalue weighted by atomic mass is 35.5. The predicted molar refractivity (Wildman–Crippen MR) is 111 cm³/mol. The Balaban J connectivity index is 1.39. The molecule has 4 rings (SSSR count). The second-order valence-corrected chi connectivity index (χ2v) is 10.8. The molecule has 0 bridgehead atoms. The molecule has 2 aliphatic carbocycles. The van der Waals surface area contributed by atoms with E-state index in [0.717, 1.165) is 37.7 Å². The van der Waals surface area contributed by atoms with Crippen molar-refractivity contribution < 1.29 is 14.6 Å². The Kier molecular flexibility index (Phi) is 5.13. The third-order valence-electron chi connectivity index (χ3n) is 6.71. The highest BCUT2D eigenvalue weighted by Gasteiger charge is 2.52. The van der Waals surface area contributed by atoms with Crippen LogP contribution in [-0.4, -0.2) is 44.5 Å². The molecule has 0 aromatic heterocycles. The molecule has 4 nitrogen and oxygen atoms in total. The van der Waals surface area contributed by atoms with Crippen molar-refractivity contribution in [1.82, 2.24) is 4.90 Å². The van der Waals surface area contributed by atoms with Gasteiger partial charge < -0.3 is 14.7 Å². The molecule has 3 aliphatic rings. The van der Waals surface area contributed by atoms with Crippen LogP contribution in [0.5, 0.6) is 5.75 Å². The molecule has 1 N–H and O–H groups in total. The summed E-state index contributed by atoms with van der Waals surface area (Å²) in [5, 5.41) is 10.9. The lowest BCUT2D eigenvalue weighted by molar-refractivity contribution is -0.156. The van der Waals surface area contributed by atoms with Gasteiger partial charge in [-0.2, -0.15) is 0 Å². The number of piperidine rings is 1. The van der Waals surface area contributed by atoms with Crippen LogP contribution in [0.2, 0.25) is 0 Å². The summed E-state index contributed by atoms with van der Waals surface area (Å²) in [6.07, 6.45) is 5.50. The van der Waals surface area contributed by atoms with Crippen molar-refractivity contribution >= 4 is 29.1 Å². The van der Waals surface area contributed by atoms with Gasteiger partial charge in [0.05, 0.1) is 5.60 Å². The van der Waals surface area contributed by atoms with E-state index in [1.54, 1.807) is 0 Å². The van der Waals surface area contributed by atoms with Gasteiger partial charge in [0, 0.05) is 24.9 Å². The fraction of sp³-hybridized carbons (Fsp3) is 0.682. The van der Waals surface area contributed by atoms with Crippen molar-refractivity contribution in [2.45, 2.75) is 73.8 Å². The van der Waals surface area contributed by atoms with Crippen LogP contribution in [0.1, 0.15) is 63.9 Å². The second kappa shape index (κ2) is 7.07. The van der Waals surface area contributed by atoms with E-state index in [1.165, 1.54) is 0 Å². The van der Waals surface area contributed by atoms with Gasteiger partial charge in [-0.15, -0.1) is 23.2 Å². The van der Waals surface area contributed by atoms with Crippen LogP contribution in [0.25, 0.3) is 0 Å². The zero-order chi connectivity index (χ0) is 20.2. The molecule has 0 unspecified atom stereocenters. The van der Waals surface area contributed by atoms with E-state index in [0.29, 0.717) is 25.3 Å². The Hall–Kier alpha value is -0.970. The van der Waals surface area contributed by atoms with Gasteiger partial charge in [-0.05, 0) is 57.2 Å². The van der Waals surface area contributed by atoms with Gasteiger partial charge in [0.15, 0.2) is 5.60 Å². The predicted octanol–water partition coefficient (Wildman–Crippen LogP) is 4.66. The lowest BCUT2D eigenvalue weighted by Gasteiger charge is -2.48. The van der Waals surface area contributed by atoms with Crippen molar-refractivity contribution in [3.05, 3.63) is 29.8 Å². The Labute approximate surface area is 177 Å². The minimum atomic E-state index is -0.964. The fourth-order valence-corrected chi connectivity index (χ4v) is 5.38. The Morgan fingerprint density at radius 2 is 1.89 bits per heavy atom. The molecule has 6 heteroatoms. The summed E-state index contributed by atoms with van der Waals surface area (Å²) in [4.78, 5) is 15.0. The number of carbonyl (C=O) groups is 1. The van der Waals surface area contributed by atoms with Crippen LogP contribution in [0.3, 0.4) is 0 Å². The monoisotopic (exact) mass is 425 g/mol. The largest absolute Gasteiger partial charge is 0.478 e. The van der Waals surface area contributed by atoms with Gasteiger partial charge in [0.2, 0.25) is 0 Å². The molecule has 0 radical (unpaired) electrons. The van der Waals surface area contributed by atoms with E-state index >= 15 is 0 Å². The third-order valence-corrected chi connectivity index (χ3v) is 7.55. The van der Waals surface area contributed by atoms with Gasteiger partial charge in [0.25, 0.3) is 5.91 Å². The maximum absolute atomic E-state index is 13.2. The Morgan fingerprint density at radius 1 is 1.21 bits per heavy atom. The molecule has 0 spiro atoms. The highest BCUT2D eigenvalue weighted by Crippen LogP contribution is 2.59. The Bertz CT molecular complexity index is 749. The minimum absolute atomic E-state index is 0.0214. The quantitative estimate of drug-likeness (QED) is 0.713. The highest BCUT2D eigenvalue weighted by molar-refractivity contribution is 6.51. The minimum Gasteiger partial charge on any atom is -0.478 e. The first kappa shape index (κ1) is 20.3. The van der Waals surface area contributed by atoms with Gasteiger partial charge in [0.1, 0.15) is 10.1 Å². The zero-order valence-corrected chi connectivity index (χ0v) is 18.1. The summed E-state index contributed by atoms with van der Waals surface area (Å²) in [5.74, 6) is 0.983. The van der Waals surface area contributed by atoms with Crippen molar-refractivity contribution in [2.75, 3.05) is 13.1 Å². The molecule has 1 amide bonds. The first-order chi connectivity index (χ1) is 13.1. The first-order valence-corrected chi connectivity index (χ1v) is 11.0. The van der Waals surface area contributed by atoms with Crippen molar-refractivity contribution in [3.8, 4) is 5.75 Å². The van der Waals surface area contributed by atoms with E-state index in [1.807, 2.05) is 43.0 Å². The molecular weight excluding hydrogens is 397 g/mol. The maximum atomic E-state index is 13.2. The molecule has 1 saturated heterocycles. The Morgan fingerprint density at radius 3 is 2.54 bits per heavy atom. The van der Waals surface area contributed by atoms with Gasteiger partial charge in [-0.25, -0.2) is 0 Å². The average molecular weight is 426 g/mol. The van der Waals surface area contributed by atoms with Crippen molar-refractivity contribution in [2.24, 2.45) is 5.92 Å². The number of halogens is 2. The normalized spacial score (nSPS) is 31.8. The number of rotatable bonds is 4. The molecule has 3 fully saturated rings. The molecule has 1 aliphatic heterocycles. The molecule has 1 aromatic carbocycles. The van der Waals surface area contributed by atoms with Crippen LogP contribution < -0.4 is 4.74 Å². The number of likely N-dealkylation sites (tertiary alicyclic amines) is 1.